The molecule has 0 aliphatic heterocycles. The Hall–Kier alpha value is -0.870. The van der Waals surface area contributed by atoms with Gasteiger partial charge in [0.15, 0.2) is 5.78 Å². The molecule has 4 rings (SSSR count). The molecule has 0 bridgehead atoms. The fourth-order valence-corrected chi connectivity index (χ4v) is 8.31. The molecule has 0 aromatic heterocycles. The van der Waals surface area contributed by atoms with Gasteiger partial charge in [-0.05, 0) is 89.2 Å². The number of aliphatic hydroxyl groups excluding tert-OH is 3. The minimum Gasteiger partial charge on any atom is -0.390 e. The molecular formula is C27H44O8. The van der Waals surface area contributed by atoms with Gasteiger partial charge >= 0.3 is 0 Å². The lowest BCUT2D eigenvalue weighted by atomic mass is 9.44. The molecule has 200 valence electrons. The minimum atomic E-state index is -1.82. The maximum absolute atomic E-state index is 13.3. The van der Waals surface area contributed by atoms with E-state index in [9.17, 15) is 40.5 Å². The summed E-state index contributed by atoms with van der Waals surface area (Å²) < 4.78 is 0. The van der Waals surface area contributed by atoms with Crippen molar-refractivity contribution in [1.29, 1.82) is 0 Å². The van der Waals surface area contributed by atoms with Crippen LogP contribution in [0.15, 0.2) is 11.6 Å². The van der Waals surface area contributed by atoms with E-state index in [1.54, 1.807) is 27.7 Å². The van der Waals surface area contributed by atoms with Crippen molar-refractivity contribution in [3.8, 4) is 0 Å². The Kier molecular flexibility index (Phi) is 6.26. The van der Waals surface area contributed by atoms with Crippen LogP contribution in [-0.4, -0.2) is 82.2 Å². The van der Waals surface area contributed by atoms with Crippen molar-refractivity contribution in [2.75, 3.05) is 0 Å². The normalized spacial score (nSPS) is 48.3. The third-order valence-electron chi connectivity index (χ3n) is 10.7. The van der Waals surface area contributed by atoms with Gasteiger partial charge in [-0.15, -0.1) is 0 Å². The highest BCUT2D eigenvalue weighted by Crippen LogP contribution is 2.69. The number of rotatable bonds is 5. The number of hydrogen-bond donors (Lipinski definition) is 7. The van der Waals surface area contributed by atoms with Crippen LogP contribution in [0.4, 0.5) is 0 Å². The first-order valence-corrected chi connectivity index (χ1v) is 13.0. The third-order valence-corrected chi connectivity index (χ3v) is 10.7. The monoisotopic (exact) mass is 496 g/mol. The molecule has 0 amide bonds. The predicted molar refractivity (Wildman–Crippen MR) is 128 cm³/mol. The summed E-state index contributed by atoms with van der Waals surface area (Å²) in [6.45, 7) is 8.58. The van der Waals surface area contributed by atoms with Crippen molar-refractivity contribution >= 4 is 5.78 Å². The van der Waals surface area contributed by atoms with Gasteiger partial charge in [-0.25, -0.2) is 0 Å². The van der Waals surface area contributed by atoms with Crippen LogP contribution in [0.3, 0.4) is 0 Å². The van der Waals surface area contributed by atoms with Gasteiger partial charge in [0, 0.05) is 17.3 Å². The van der Waals surface area contributed by atoms with Gasteiger partial charge in [0.25, 0.3) is 0 Å². The molecule has 10 atom stereocenters. The smallest absolute Gasteiger partial charge is 0.187 e. The fraction of sp³-hybridized carbons (Fsp3) is 0.889. The third kappa shape index (κ3) is 3.70. The molecule has 0 radical (unpaired) electrons. The Balaban J connectivity index is 1.70. The maximum atomic E-state index is 13.3. The number of aliphatic hydroxyl groups is 7. The molecule has 0 aromatic carbocycles. The number of hydrogen-bond acceptors (Lipinski definition) is 8. The van der Waals surface area contributed by atoms with Gasteiger partial charge in [0.1, 0.15) is 5.60 Å². The van der Waals surface area contributed by atoms with Crippen LogP contribution < -0.4 is 0 Å². The van der Waals surface area contributed by atoms with E-state index >= 15 is 0 Å². The highest BCUT2D eigenvalue weighted by Gasteiger charge is 2.71. The molecule has 4 aliphatic rings. The zero-order valence-corrected chi connectivity index (χ0v) is 21.7. The highest BCUT2D eigenvalue weighted by molar-refractivity contribution is 6.00. The van der Waals surface area contributed by atoms with Crippen LogP contribution in [0.25, 0.3) is 0 Å². The van der Waals surface area contributed by atoms with Crippen LogP contribution in [0.1, 0.15) is 86.0 Å². The van der Waals surface area contributed by atoms with Crippen molar-refractivity contribution < 1.29 is 40.5 Å². The fourth-order valence-electron chi connectivity index (χ4n) is 8.31. The summed E-state index contributed by atoms with van der Waals surface area (Å²) in [5.41, 5.74) is -7.07. The molecule has 0 heterocycles. The molecule has 3 saturated carbocycles. The van der Waals surface area contributed by atoms with E-state index in [-0.39, 0.29) is 25.2 Å². The summed E-state index contributed by atoms with van der Waals surface area (Å²) >= 11 is 0. The lowest BCUT2D eigenvalue weighted by Crippen LogP contribution is -2.69. The molecule has 8 nitrogen and oxygen atoms in total. The van der Waals surface area contributed by atoms with Crippen molar-refractivity contribution in [3.63, 3.8) is 0 Å². The molecule has 0 unspecified atom stereocenters. The van der Waals surface area contributed by atoms with E-state index in [1.165, 1.54) is 6.08 Å². The predicted octanol–water partition coefficient (Wildman–Crippen LogP) is 0.969. The summed E-state index contributed by atoms with van der Waals surface area (Å²) in [5.74, 6) is -1.38. The van der Waals surface area contributed by atoms with Gasteiger partial charge in [-0.3, -0.25) is 4.79 Å². The Bertz CT molecular complexity index is 907. The first-order chi connectivity index (χ1) is 15.8. The second-order valence-electron chi connectivity index (χ2n) is 13.3. The summed E-state index contributed by atoms with van der Waals surface area (Å²) in [6, 6.07) is 0. The Labute approximate surface area is 207 Å². The SMILES string of the molecule is CC(C)(O)CC[C@H](O)[C@](C)(O)[C@@H]1CC[C@]2(O)C3=CC(=O)[C@]4(O)C[C@H](O)[C@H](O)C[C@]4(C)[C@@H]3CC[C@@]12C. The molecule has 7 N–H and O–H groups in total. The van der Waals surface area contributed by atoms with Gasteiger partial charge in [-0.1, -0.05) is 13.8 Å². The number of carbonyl (C=O) groups excluding carboxylic acids is 1. The maximum Gasteiger partial charge on any atom is 0.187 e. The summed E-state index contributed by atoms with van der Waals surface area (Å²) in [7, 11) is 0. The lowest BCUT2D eigenvalue weighted by Gasteiger charge is -2.62. The van der Waals surface area contributed by atoms with Crippen molar-refractivity contribution in [1.82, 2.24) is 0 Å². The summed E-state index contributed by atoms with van der Waals surface area (Å²) in [5, 5.41) is 77.0. The minimum absolute atomic E-state index is 0.0437. The quantitative estimate of drug-likeness (QED) is 0.297. The number of ketones is 1. The Morgan fingerprint density at radius 3 is 2.17 bits per heavy atom. The van der Waals surface area contributed by atoms with Crippen LogP contribution in [0, 0.1) is 22.7 Å². The average molecular weight is 497 g/mol. The van der Waals surface area contributed by atoms with Crippen LogP contribution in [0.2, 0.25) is 0 Å². The van der Waals surface area contributed by atoms with Crippen LogP contribution in [0.5, 0.6) is 0 Å². The van der Waals surface area contributed by atoms with Crippen LogP contribution in [-0.2, 0) is 4.79 Å². The van der Waals surface area contributed by atoms with Crippen molar-refractivity contribution in [2.24, 2.45) is 22.7 Å². The van der Waals surface area contributed by atoms with Gasteiger partial charge < -0.3 is 35.7 Å². The number of fused-ring (bicyclic) bond motifs is 5. The van der Waals surface area contributed by atoms with Crippen LogP contribution >= 0.6 is 0 Å². The van der Waals surface area contributed by atoms with Crippen molar-refractivity contribution in [2.45, 2.75) is 127 Å². The second-order valence-corrected chi connectivity index (χ2v) is 13.3. The van der Waals surface area contributed by atoms with Gasteiger partial charge in [0.05, 0.1) is 35.1 Å². The highest BCUT2D eigenvalue weighted by atomic mass is 16.3. The molecule has 0 saturated heterocycles. The molecule has 8 heteroatoms. The first-order valence-electron chi connectivity index (χ1n) is 13.0. The topological polar surface area (TPSA) is 159 Å². The summed E-state index contributed by atoms with van der Waals surface area (Å²) in [4.78, 5) is 13.3. The van der Waals surface area contributed by atoms with Gasteiger partial charge in [0.2, 0.25) is 0 Å². The number of carbonyl (C=O) groups is 1. The lowest BCUT2D eigenvalue weighted by molar-refractivity contribution is -0.211. The molecule has 35 heavy (non-hydrogen) atoms. The van der Waals surface area contributed by atoms with Gasteiger partial charge in [-0.2, -0.15) is 0 Å². The van der Waals surface area contributed by atoms with E-state index in [0.717, 1.165) is 0 Å². The Morgan fingerprint density at radius 1 is 0.971 bits per heavy atom. The van der Waals surface area contributed by atoms with Crippen molar-refractivity contribution in [3.05, 3.63) is 11.6 Å². The Morgan fingerprint density at radius 2 is 1.57 bits per heavy atom. The molecule has 3 fully saturated rings. The molecule has 4 aliphatic carbocycles. The largest absolute Gasteiger partial charge is 0.390 e. The molecule has 0 aromatic rings. The van der Waals surface area contributed by atoms with E-state index in [4.69, 9.17) is 0 Å². The van der Waals surface area contributed by atoms with E-state index < -0.39 is 63.2 Å². The summed E-state index contributed by atoms with van der Waals surface area (Å²) in [6.07, 6.45) is 0.0884. The first kappa shape index (κ1) is 27.2. The molecule has 0 spiro atoms. The zero-order chi connectivity index (χ0) is 26.4. The van der Waals surface area contributed by atoms with E-state index in [2.05, 4.69) is 0 Å². The average Bonchev–Trinajstić information content (AvgIpc) is 3.01. The van der Waals surface area contributed by atoms with E-state index in [1.807, 2.05) is 6.92 Å². The van der Waals surface area contributed by atoms with E-state index in [0.29, 0.717) is 37.7 Å². The molecular weight excluding hydrogens is 452 g/mol. The zero-order valence-electron chi connectivity index (χ0n) is 21.7. The second kappa shape index (κ2) is 8.06. The standard InChI is InChI=1S/C27H44O8/c1-22(2,32)9-8-20(30)25(5,33)19-7-11-26(34)16-12-21(31)27(35)14-18(29)17(28)13-24(27,4)15(16)6-10-23(19,26)3/h12,15,17-20,28-30,32-35H,6-11,13-14H2,1-5H3/t15-,17-,18+,19-,20+,23+,24-,25-,26+,27-/m1/s1.